The maximum atomic E-state index is 13.8. The fraction of sp³-hybridized carbons (Fsp3) is 0.200. The van der Waals surface area contributed by atoms with Crippen LogP contribution in [0.3, 0.4) is 0 Å². The van der Waals surface area contributed by atoms with E-state index in [-0.39, 0.29) is 11.9 Å². The van der Waals surface area contributed by atoms with Gasteiger partial charge in [0.1, 0.15) is 5.71 Å². The summed E-state index contributed by atoms with van der Waals surface area (Å²) in [6, 6.07) is 23.4. The number of aliphatic imine (C=N–C) groups is 1. The molecule has 0 saturated carbocycles. The smallest absolute Gasteiger partial charge is 0.278 e. The molecule has 0 spiro atoms. The normalized spacial score (nSPS) is 16.6. The quantitative estimate of drug-likeness (QED) is 0.268. The molecule has 3 heterocycles. The van der Waals surface area contributed by atoms with E-state index in [0.717, 1.165) is 51.2 Å². The second-order valence-electron chi connectivity index (χ2n) is 9.54. The lowest BCUT2D eigenvalue weighted by Gasteiger charge is -2.30. The molecule has 7 nitrogen and oxygen atoms in total. The number of benzene rings is 3. The molecule has 1 fully saturated rings. The second kappa shape index (κ2) is 11.0. The van der Waals surface area contributed by atoms with Crippen molar-refractivity contribution in [3.63, 3.8) is 0 Å². The number of nitrogens with zero attached hydrogens (tertiary/aromatic N) is 5. The number of amides is 1. The summed E-state index contributed by atoms with van der Waals surface area (Å²) < 4.78 is 6.35. The van der Waals surface area contributed by atoms with Crippen molar-refractivity contribution in [2.24, 2.45) is 4.99 Å². The number of rotatable bonds is 5. The molecule has 0 atom stereocenters. The van der Waals surface area contributed by atoms with Gasteiger partial charge in [0.2, 0.25) is 0 Å². The van der Waals surface area contributed by atoms with Crippen LogP contribution in [0.5, 0.6) is 0 Å². The molecule has 1 aromatic heterocycles. The van der Waals surface area contributed by atoms with Crippen LogP contribution < -0.4 is 4.90 Å². The first-order chi connectivity index (χ1) is 18.9. The summed E-state index contributed by atoms with van der Waals surface area (Å²) in [5.74, 6) is 0.0486. The molecular weight excluding hydrogens is 578 g/mol. The number of ether oxygens (including phenoxy) is 1. The molecule has 0 radical (unpaired) electrons. The van der Waals surface area contributed by atoms with Crippen LogP contribution in [0.15, 0.2) is 82.3 Å². The zero-order valence-electron chi connectivity index (χ0n) is 21.3. The van der Waals surface area contributed by atoms with E-state index in [1.54, 1.807) is 4.90 Å². The molecule has 0 bridgehead atoms. The van der Waals surface area contributed by atoms with Gasteiger partial charge in [0.05, 0.1) is 37.0 Å². The molecule has 0 N–H and O–H groups in total. The highest BCUT2D eigenvalue weighted by Crippen LogP contribution is 2.34. The number of aromatic nitrogens is 2. The SMILES string of the molecule is Cc1ccc(-c2cc(-c3ccc(Cl)cc3)nc(/N=C3\C(=O)N(CN4CCOCC4)c4ccc(Br)cc43)n2)cc1. The van der Waals surface area contributed by atoms with Crippen molar-refractivity contribution >= 4 is 50.8 Å². The van der Waals surface area contributed by atoms with Gasteiger partial charge in [0.15, 0.2) is 0 Å². The van der Waals surface area contributed by atoms with E-state index in [1.165, 1.54) is 0 Å². The standard InChI is InChI=1S/C30H25BrClN5O2/c1-19-2-4-20(5-3-19)25-17-26(21-6-9-23(32)10-7-21)34-30(33-25)35-28-24-16-22(31)8-11-27(24)37(29(28)38)18-36-12-14-39-15-13-36/h2-11,16-17H,12-15,18H2,1H3/b35-28-. The van der Waals surface area contributed by atoms with Crippen molar-refractivity contribution in [2.45, 2.75) is 6.92 Å². The third-order valence-electron chi connectivity index (χ3n) is 6.81. The number of halogens is 2. The second-order valence-corrected chi connectivity index (χ2v) is 10.9. The van der Waals surface area contributed by atoms with Gasteiger partial charge in [0.25, 0.3) is 11.9 Å². The van der Waals surface area contributed by atoms with Crippen LogP contribution in [0, 0.1) is 6.92 Å². The average molecular weight is 603 g/mol. The molecule has 196 valence electrons. The predicted molar refractivity (Wildman–Crippen MR) is 158 cm³/mol. The van der Waals surface area contributed by atoms with Crippen molar-refractivity contribution in [3.8, 4) is 22.5 Å². The van der Waals surface area contributed by atoms with Crippen LogP contribution in [0.25, 0.3) is 22.5 Å². The largest absolute Gasteiger partial charge is 0.379 e. The number of aryl methyl sites for hydroxylation is 1. The Labute approximate surface area is 240 Å². The van der Waals surface area contributed by atoms with Crippen molar-refractivity contribution in [1.82, 2.24) is 14.9 Å². The number of hydrogen-bond acceptors (Lipinski definition) is 6. The van der Waals surface area contributed by atoms with Gasteiger partial charge in [-0.05, 0) is 43.3 Å². The Morgan fingerprint density at radius 2 is 1.56 bits per heavy atom. The summed E-state index contributed by atoms with van der Waals surface area (Å²) >= 11 is 9.69. The Kier molecular flexibility index (Phi) is 7.27. The molecule has 39 heavy (non-hydrogen) atoms. The van der Waals surface area contributed by atoms with Crippen molar-refractivity contribution in [3.05, 3.63) is 93.4 Å². The fourth-order valence-electron chi connectivity index (χ4n) is 4.70. The summed E-state index contributed by atoms with van der Waals surface area (Å²) in [5, 5.41) is 0.645. The monoisotopic (exact) mass is 601 g/mol. The van der Waals surface area contributed by atoms with Gasteiger partial charge in [-0.25, -0.2) is 15.0 Å². The molecular formula is C30H25BrClN5O2. The van der Waals surface area contributed by atoms with E-state index in [9.17, 15) is 4.79 Å². The summed E-state index contributed by atoms with van der Waals surface area (Å²) in [7, 11) is 0. The van der Waals surface area contributed by atoms with E-state index in [0.29, 0.717) is 36.3 Å². The van der Waals surface area contributed by atoms with Crippen LogP contribution in [-0.4, -0.2) is 59.5 Å². The van der Waals surface area contributed by atoms with E-state index >= 15 is 0 Å². The van der Waals surface area contributed by atoms with Crippen LogP contribution >= 0.6 is 27.5 Å². The zero-order chi connectivity index (χ0) is 26.9. The van der Waals surface area contributed by atoms with Crippen molar-refractivity contribution < 1.29 is 9.53 Å². The number of morpholine rings is 1. The van der Waals surface area contributed by atoms with Crippen LogP contribution in [0.4, 0.5) is 11.6 Å². The summed E-state index contributed by atoms with van der Waals surface area (Å²) in [4.78, 5) is 32.1. The Morgan fingerprint density at radius 3 is 2.23 bits per heavy atom. The Bertz CT molecular complexity index is 1500. The van der Waals surface area contributed by atoms with Crippen LogP contribution in [0.1, 0.15) is 11.1 Å². The highest BCUT2D eigenvalue weighted by atomic mass is 79.9. The topological polar surface area (TPSA) is 70.9 Å². The first-order valence-corrected chi connectivity index (χ1v) is 13.8. The van der Waals surface area contributed by atoms with E-state index in [1.807, 2.05) is 79.7 Å². The first-order valence-electron chi connectivity index (χ1n) is 12.7. The highest BCUT2D eigenvalue weighted by molar-refractivity contribution is 9.10. The van der Waals surface area contributed by atoms with E-state index < -0.39 is 0 Å². The molecule has 2 aliphatic rings. The van der Waals surface area contributed by atoms with Gasteiger partial charge in [-0.3, -0.25) is 14.6 Å². The molecule has 9 heteroatoms. The Hall–Kier alpha value is -3.43. The van der Waals surface area contributed by atoms with Gasteiger partial charge < -0.3 is 4.74 Å². The number of carbonyl (C=O) groups excluding carboxylic acids is 1. The predicted octanol–water partition coefficient (Wildman–Crippen LogP) is 6.29. The lowest BCUT2D eigenvalue weighted by molar-refractivity contribution is -0.112. The summed E-state index contributed by atoms with van der Waals surface area (Å²) in [5.41, 5.74) is 6.29. The molecule has 1 saturated heterocycles. The van der Waals surface area contributed by atoms with Crippen molar-refractivity contribution in [2.75, 3.05) is 37.9 Å². The van der Waals surface area contributed by atoms with Gasteiger partial charge >= 0.3 is 0 Å². The molecule has 0 aliphatic carbocycles. The van der Waals surface area contributed by atoms with Gasteiger partial charge in [-0.2, -0.15) is 0 Å². The molecule has 4 aromatic rings. The highest BCUT2D eigenvalue weighted by Gasteiger charge is 2.35. The minimum absolute atomic E-state index is 0.174. The maximum Gasteiger partial charge on any atom is 0.278 e. The Balaban J connectivity index is 1.45. The van der Waals surface area contributed by atoms with Gasteiger partial charge in [-0.15, -0.1) is 0 Å². The minimum Gasteiger partial charge on any atom is -0.379 e. The molecule has 6 rings (SSSR count). The van der Waals surface area contributed by atoms with Gasteiger partial charge in [0, 0.05) is 39.3 Å². The molecule has 2 aliphatic heterocycles. The van der Waals surface area contributed by atoms with Crippen molar-refractivity contribution in [1.29, 1.82) is 0 Å². The van der Waals surface area contributed by atoms with E-state index in [2.05, 4.69) is 20.8 Å². The lowest BCUT2D eigenvalue weighted by atomic mass is 10.1. The molecule has 1 amide bonds. The lowest BCUT2D eigenvalue weighted by Crippen LogP contribution is -2.45. The minimum atomic E-state index is -0.174. The Morgan fingerprint density at radius 1 is 0.923 bits per heavy atom. The number of carbonyl (C=O) groups is 1. The third kappa shape index (κ3) is 5.51. The van der Waals surface area contributed by atoms with Gasteiger partial charge in [-0.1, -0.05) is 69.5 Å². The number of anilines is 1. The number of fused-ring (bicyclic) bond motifs is 1. The molecule has 0 unspecified atom stereocenters. The summed E-state index contributed by atoms with van der Waals surface area (Å²) in [6.45, 7) is 5.37. The first kappa shape index (κ1) is 25.8. The molecule has 3 aromatic carbocycles. The van der Waals surface area contributed by atoms with Crippen LogP contribution in [-0.2, 0) is 9.53 Å². The number of hydrogen-bond donors (Lipinski definition) is 0. The summed E-state index contributed by atoms with van der Waals surface area (Å²) in [6.07, 6.45) is 0. The van der Waals surface area contributed by atoms with Crippen LogP contribution in [0.2, 0.25) is 5.02 Å². The zero-order valence-corrected chi connectivity index (χ0v) is 23.6. The maximum absolute atomic E-state index is 13.8. The fourth-order valence-corrected chi connectivity index (χ4v) is 5.19. The average Bonchev–Trinajstić information content (AvgIpc) is 3.19. The van der Waals surface area contributed by atoms with E-state index in [4.69, 9.17) is 31.3 Å². The third-order valence-corrected chi connectivity index (χ3v) is 7.56.